The number of anilines is 1. The molecule has 9 heteroatoms. The molecule has 0 bridgehead atoms. The van der Waals surface area contributed by atoms with Gasteiger partial charge < -0.3 is 14.6 Å². The van der Waals surface area contributed by atoms with Crippen LogP contribution in [0.2, 0.25) is 10.0 Å². The highest BCUT2D eigenvalue weighted by atomic mass is 35.5. The summed E-state index contributed by atoms with van der Waals surface area (Å²) in [5.41, 5.74) is 2.77. The lowest BCUT2D eigenvalue weighted by atomic mass is 10.1. The van der Waals surface area contributed by atoms with Gasteiger partial charge in [0.15, 0.2) is 11.0 Å². The Labute approximate surface area is 189 Å². The Kier molecular flexibility index (Phi) is 7.64. The van der Waals surface area contributed by atoms with Gasteiger partial charge in [0.05, 0.1) is 16.5 Å². The van der Waals surface area contributed by atoms with E-state index in [0.29, 0.717) is 39.9 Å². The highest BCUT2D eigenvalue weighted by Gasteiger charge is 2.15. The molecule has 1 amide bonds. The van der Waals surface area contributed by atoms with Crippen molar-refractivity contribution in [3.05, 3.63) is 63.4 Å². The van der Waals surface area contributed by atoms with Crippen LogP contribution in [0.15, 0.2) is 41.6 Å². The SMILES string of the molecule is CCn1c(COc2cc(C)cc(C)c2)nnc1SCC(=O)Nc1cc(Cl)ccc1Cl. The van der Waals surface area contributed by atoms with Crippen molar-refractivity contribution in [2.24, 2.45) is 0 Å². The second kappa shape index (κ2) is 10.2. The van der Waals surface area contributed by atoms with E-state index in [1.54, 1.807) is 18.2 Å². The Morgan fingerprint density at radius 2 is 1.87 bits per heavy atom. The average molecular weight is 465 g/mol. The van der Waals surface area contributed by atoms with Crippen LogP contribution in [0.25, 0.3) is 0 Å². The first kappa shape index (κ1) is 22.5. The molecule has 6 nitrogen and oxygen atoms in total. The number of nitrogens with zero attached hydrogens (tertiary/aromatic N) is 3. The number of ether oxygens (including phenoxy) is 1. The van der Waals surface area contributed by atoms with E-state index in [4.69, 9.17) is 27.9 Å². The van der Waals surface area contributed by atoms with E-state index >= 15 is 0 Å². The van der Waals surface area contributed by atoms with Gasteiger partial charge in [-0.25, -0.2) is 0 Å². The van der Waals surface area contributed by atoms with Crippen molar-refractivity contribution in [2.45, 2.75) is 39.1 Å². The van der Waals surface area contributed by atoms with E-state index in [9.17, 15) is 4.79 Å². The molecule has 0 spiro atoms. The number of hydrogen-bond acceptors (Lipinski definition) is 5. The number of rotatable bonds is 8. The maximum Gasteiger partial charge on any atom is 0.234 e. The predicted molar refractivity (Wildman–Crippen MR) is 122 cm³/mol. The Hall–Kier alpha value is -2.22. The number of aromatic nitrogens is 3. The first-order valence-corrected chi connectivity index (χ1v) is 11.1. The second-order valence-electron chi connectivity index (χ2n) is 6.72. The lowest BCUT2D eigenvalue weighted by Crippen LogP contribution is -2.15. The fourth-order valence-corrected chi connectivity index (χ4v) is 4.08. The number of carbonyl (C=O) groups is 1. The van der Waals surface area contributed by atoms with Crippen molar-refractivity contribution in [1.82, 2.24) is 14.8 Å². The molecular weight excluding hydrogens is 443 g/mol. The fraction of sp³-hybridized carbons (Fsp3) is 0.286. The molecule has 3 aromatic rings. The molecule has 1 heterocycles. The van der Waals surface area contributed by atoms with Gasteiger partial charge in [0.25, 0.3) is 0 Å². The van der Waals surface area contributed by atoms with Gasteiger partial charge in [-0.15, -0.1) is 10.2 Å². The molecule has 0 aliphatic heterocycles. The van der Waals surface area contributed by atoms with Gasteiger partial charge in [-0.3, -0.25) is 4.79 Å². The van der Waals surface area contributed by atoms with Gasteiger partial charge in [-0.1, -0.05) is 41.0 Å². The van der Waals surface area contributed by atoms with Crippen molar-refractivity contribution in [3.8, 4) is 5.75 Å². The van der Waals surface area contributed by atoms with Crippen molar-refractivity contribution in [2.75, 3.05) is 11.1 Å². The molecule has 0 atom stereocenters. The van der Waals surface area contributed by atoms with Crippen LogP contribution < -0.4 is 10.1 Å². The van der Waals surface area contributed by atoms with Crippen LogP contribution in [0.1, 0.15) is 23.9 Å². The number of carbonyl (C=O) groups excluding carboxylic acids is 1. The van der Waals surface area contributed by atoms with Gasteiger partial charge in [0.2, 0.25) is 5.91 Å². The molecule has 0 radical (unpaired) electrons. The minimum atomic E-state index is -0.206. The zero-order valence-electron chi connectivity index (χ0n) is 16.9. The first-order chi connectivity index (χ1) is 14.4. The maximum absolute atomic E-state index is 12.3. The zero-order chi connectivity index (χ0) is 21.7. The Morgan fingerprint density at radius 1 is 1.13 bits per heavy atom. The Balaban J connectivity index is 1.61. The molecule has 3 rings (SSSR count). The molecule has 0 saturated carbocycles. The molecule has 0 saturated heterocycles. The van der Waals surface area contributed by atoms with Gasteiger partial charge in [-0.05, 0) is 62.2 Å². The lowest BCUT2D eigenvalue weighted by Gasteiger charge is -2.10. The van der Waals surface area contributed by atoms with Gasteiger partial charge in [0.1, 0.15) is 12.4 Å². The monoisotopic (exact) mass is 464 g/mol. The predicted octanol–water partition coefficient (Wildman–Crippen LogP) is 5.53. The van der Waals surface area contributed by atoms with Crippen molar-refractivity contribution in [1.29, 1.82) is 0 Å². The summed E-state index contributed by atoms with van der Waals surface area (Å²) in [6.45, 7) is 7.03. The molecule has 30 heavy (non-hydrogen) atoms. The van der Waals surface area contributed by atoms with Crippen LogP contribution in [0, 0.1) is 13.8 Å². The standard InChI is InChI=1S/C21H22Cl2N4O2S/c1-4-27-19(11-29-16-8-13(2)7-14(3)9-16)25-26-21(27)30-12-20(28)24-18-10-15(22)5-6-17(18)23/h5-10H,4,11-12H2,1-3H3,(H,24,28). The summed E-state index contributed by atoms with van der Waals surface area (Å²) in [7, 11) is 0. The van der Waals surface area contributed by atoms with Gasteiger partial charge in [0, 0.05) is 11.6 Å². The number of amides is 1. The quantitative estimate of drug-likeness (QED) is 0.443. The van der Waals surface area contributed by atoms with Crippen LogP contribution in [0.3, 0.4) is 0 Å². The highest BCUT2D eigenvalue weighted by molar-refractivity contribution is 7.99. The number of hydrogen-bond donors (Lipinski definition) is 1. The van der Waals surface area contributed by atoms with E-state index in [1.165, 1.54) is 11.8 Å². The summed E-state index contributed by atoms with van der Waals surface area (Å²) < 4.78 is 7.84. The average Bonchev–Trinajstić information content (AvgIpc) is 3.08. The third kappa shape index (κ3) is 5.90. The van der Waals surface area contributed by atoms with E-state index in [0.717, 1.165) is 16.9 Å². The molecule has 0 fully saturated rings. The van der Waals surface area contributed by atoms with Crippen LogP contribution in [0.5, 0.6) is 5.75 Å². The Bertz CT molecular complexity index is 1040. The van der Waals surface area contributed by atoms with Crippen molar-refractivity contribution in [3.63, 3.8) is 0 Å². The zero-order valence-corrected chi connectivity index (χ0v) is 19.2. The number of halogens is 2. The minimum Gasteiger partial charge on any atom is -0.486 e. The number of aryl methyl sites for hydroxylation is 2. The summed E-state index contributed by atoms with van der Waals surface area (Å²) in [5, 5.41) is 12.8. The van der Waals surface area contributed by atoms with E-state index in [1.807, 2.05) is 37.5 Å². The smallest absolute Gasteiger partial charge is 0.234 e. The second-order valence-corrected chi connectivity index (χ2v) is 8.50. The summed E-state index contributed by atoms with van der Waals surface area (Å²) in [4.78, 5) is 12.3. The minimum absolute atomic E-state index is 0.166. The molecule has 0 aliphatic carbocycles. The van der Waals surface area contributed by atoms with Crippen LogP contribution >= 0.6 is 35.0 Å². The van der Waals surface area contributed by atoms with Crippen LogP contribution in [-0.4, -0.2) is 26.4 Å². The lowest BCUT2D eigenvalue weighted by molar-refractivity contribution is -0.113. The Morgan fingerprint density at radius 3 is 2.57 bits per heavy atom. The highest BCUT2D eigenvalue weighted by Crippen LogP contribution is 2.26. The summed E-state index contributed by atoms with van der Waals surface area (Å²) in [5.74, 6) is 1.46. The fourth-order valence-electron chi connectivity index (χ4n) is 2.92. The summed E-state index contributed by atoms with van der Waals surface area (Å²) in [6, 6.07) is 11.0. The van der Waals surface area contributed by atoms with E-state index < -0.39 is 0 Å². The number of nitrogens with one attached hydrogen (secondary N) is 1. The first-order valence-electron chi connectivity index (χ1n) is 9.36. The topological polar surface area (TPSA) is 69.0 Å². The molecule has 0 aliphatic rings. The molecule has 158 valence electrons. The largest absolute Gasteiger partial charge is 0.486 e. The normalized spacial score (nSPS) is 10.8. The third-order valence-corrected chi connectivity index (χ3v) is 5.74. The van der Waals surface area contributed by atoms with Crippen molar-refractivity contribution < 1.29 is 9.53 Å². The summed E-state index contributed by atoms with van der Waals surface area (Å²) >= 11 is 13.4. The summed E-state index contributed by atoms with van der Waals surface area (Å²) in [6.07, 6.45) is 0. The molecule has 1 aromatic heterocycles. The number of benzene rings is 2. The van der Waals surface area contributed by atoms with Gasteiger partial charge in [-0.2, -0.15) is 0 Å². The van der Waals surface area contributed by atoms with Crippen molar-refractivity contribution >= 4 is 46.6 Å². The molecule has 2 aromatic carbocycles. The molecular formula is C21H22Cl2N4O2S. The molecule has 0 unspecified atom stereocenters. The van der Waals surface area contributed by atoms with E-state index in [-0.39, 0.29) is 11.7 Å². The number of thioether (sulfide) groups is 1. The van der Waals surface area contributed by atoms with Crippen LogP contribution in [-0.2, 0) is 17.9 Å². The van der Waals surface area contributed by atoms with Gasteiger partial charge >= 0.3 is 0 Å². The maximum atomic E-state index is 12.3. The molecule has 1 N–H and O–H groups in total. The third-order valence-electron chi connectivity index (χ3n) is 4.21. The van der Waals surface area contributed by atoms with E-state index in [2.05, 4.69) is 21.6 Å². The van der Waals surface area contributed by atoms with Crippen LogP contribution in [0.4, 0.5) is 5.69 Å².